The Bertz CT molecular complexity index is 469. The van der Waals surface area contributed by atoms with E-state index in [1.807, 2.05) is 0 Å². The first kappa shape index (κ1) is 13.6. The lowest BCUT2D eigenvalue weighted by Gasteiger charge is -2.22. The Morgan fingerprint density at radius 1 is 1.37 bits per heavy atom. The molecule has 0 spiro atoms. The summed E-state index contributed by atoms with van der Waals surface area (Å²) in [5.74, 6) is -1.59. The molecule has 104 valence electrons. The molecule has 1 aliphatic carbocycles. The number of carbonyl (C=O) groups is 2. The predicted molar refractivity (Wildman–Crippen MR) is 66.7 cm³/mol. The van der Waals surface area contributed by atoms with Gasteiger partial charge in [-0.2, -0.15) is 0 Å². The van der Waals surface area contributed by atoms with Crippen LogP contribution in [0.2, 0.25) is 0 Å². The van der Waals surface area contributed by atoms with E-state index in [9.17, 15) is 14.7 Å². The second-order valence-electron chi connectivity index (χ2n) is 4.93. The molecule has 1 heterocycles. The lowest BCUT2D eigenvalue weighted by atomic mass is 9.95. The summed E-state index contributed by atoms with van der Waals surface area (Å²) in [7, 11) is 0. The number of oxazole rings is 1. The van der Waals surface area contributed by atoms with Crippen LogP contribution in [0.25, 0.3) is 0 Å². The molecule has 1 aromatic heterocycles. The van der Waals surface area contributed by atoms with Crippen LogP contribution < -0.4 is 5.32 Å². The minimum Gasteiger partial charge on any atom is -0.481 e. The molecule has 0 saturated heterocycles. The van der Waals surface area contributed by atoms with Crippen LogP contribution in [-0.2, 0) is 4.79 Å². The zero-order valence-corrected chi connectivity index (χ0v) is 10.9. The Balaban J connectivity index is 2.08. The van der Waals surface area contributed by atoms with Crippen molar-refractivity contribution in [1.29, 1.82) is 0 Å². The van der Waals surface area contributed by atoms with Crippen LogP contribution >= 0.6 is 0 Å². The largest absolute Gasteiger partial charge is 0.481 e. The van der Waals surface area contributed by atoms with Gasteiger partial charge in [0.05, 0.1) is 11.6 Å². The molecule has 0 aliphatic heterocycles. The number of carboxylic acid groups (broad SMARTS) is 1. The van der Waals surface area contributed by atoms with Gasteiger partial charge in [0.2, 0.25) is 5.76 Å². The molecular weight excluding hydrogens is 248 g/mol. The number of hydrogen-bond donors (Lipinski definition) is 2. The van der Waals surface area contributed by atoms with E-state index in [2.05, 4.69) is 10.3 Å². The fourth-order valence-electron chi connectivity index (χ4n) is 2.53. The zero-order chi connectivity index (χ0) is 13.8. The van der Waals surface area contributed by atoms with Crippen molar-refractivity contribution in [2.45, 2.75) is 45.1 Å². The van der Waals surface area contributed by atoms with Crippen LogP contribution in [0, 0.1) is 12.8 Å². The number of aliphatic carboxylic acids is 1. The van der Waals surface area contributed by atoms with E-state index in [1.54, 1.807) is 6.92 Å². The van der Waals surface area contributed by atoms with Gasteiger partial charge < -0.3 is 14.8 Å². The van der Waals surface area contributed by atoms with Crippen LogP contribution in [0.15, 0.2) is 10.8 Å². The lowest BCUT2D eigenvalue weighted by Crippen LogP contribution is -2.42. The smallest absolute Gasteiger partial charge is 0.308 e. The molecule has 2 atom stereocenters. The van der Waals surface area contributed by atoms with E-state index < -0.39 is 11.9 Å². The molecule has 1 amide bonds. The first-order valence-corrected chi connectivity index (χ1v) is 6.53. The summed E-state index contributed by atoms with van der Waals surface area (Å²) in [6.45, 7) is 1.68. The highest BCUT2D eigenvalue weighted by Gasteiger charge is 2.31. The van der Waals surface area contributed by atoms with E-state index in [1.165, 1.54) is 6.39 Å². The molecule has 0 radical (unpaired) electrons. The molecule has 1 aromatic rings. The minimum atomic E-state index is -0.846. The molecule has 1 fully saturated rings. The van der Waals surface area contributed by atoms with E-state index >= 15 is 0 Å². The van der Waals surface area contributed by atoms with E-state index in [4.69, 9.17) is 4.42 Å². The second kappa shape index (κ2) is 5.86. The van der Waals surface area contributed by atoms with Gasteiger partial charge in [-0.25, -0.2) is 4.98 Å². The van der Waals surface area contributed by atoms with Gasteiger partial charge in [0.15, 0.2) is 6.39 Å². The number of aryl methyl sites for hydroxylation is 1. The minimum absolute atomic E-state index is 0.161. The van der Waals surface area contributed by atoms with Gasteiger partial charge in [-0.1, -0.05) is 19.3 Å². The molecule has 6 nitrogen and oxygen atoms in total. The van der Waals surface area contributed by atoms with E-state index in [-0.39, 0.29) is 17.7 Å². The summed E-state index contributed by atoms with van der Waals surface area (Å²) in [4.78, 5) is 27.2. The topological polar surface area (TPSA) is 92.4 Å². The summed E-state index contributed by atoms with van der Waals surface area (Å²) < 4.78 is 5.02. The van der Waals surface area contributed by atoms with Gasteiger partial charge in [-0.05, 0) is 19.8 Å². The molecule has 1 aliphatic rings. The maximum atomic E-state index is 12.0. The summed E-state index contributed by atoms with van der Waals surface area (Å²) in [5.41, 5.74) is 0.512. The SMILES string of the molecule is Cc1ncoc1C(=O)N[C@H]1CCCCC[C@H]1C(=O)O. The second-order valence-corrected chi connectivity index (χ2v) is 4.93. The van der Waals surface area contributed by atoms with Crippen molar-refractivity contribution in [3.05, 3.63) is 17.8 Å². The molecule has 0 bridgehead atoms. The van der Waals surface area contributed by atoms with Gasteiger partial charge in [0.1, 0.15) is 0 Å². The van der Waals surface area contributed by atoms with Crippen molar-refractivity contribution >= 4 is 11.9 Å². The van der Waals surface area contributed by atoms with Gasteiger partial charge >= 0.3 is 5.97 Å². The summed E-state index contributed by atoms with van der Waals surface area (Å²) in [5, 5.41) is 12.0. The lowest BCUT2D eigenvalue weighted by molar-refractivity contribution is -0.142. The Kier molecular flexibility index (Phi) is 4.19. The normalized spacial score (nSPS) is 23.6. The Labute approximate surface area is 111 Å². The molecular formula is C13H18N2O4. The number of nitrogens with zero attached hydrogens (tertiary/aromatic N) is 1. The van der Waals surface area contributed by atoms with Gasteiger partial charge in [0.25, 0.3) is 5.91 Å². The fraction of sp³-hybridized carbons (Fsp3) is 0.615. The number of hydrogen-bond acceptors (Lipinski definition) is 4. The first-order valence-electron chi connectivity index (χ1n) is 6.53. The Morgan fingerprint density at radius 2 is 2.11 bits per heavy atom. The third-order valence-corrected chi connectivity index (χ3v) is 3.60. The van der Waals surface area contributed by atoms with Crippen molar-refractivity contribution in [2.75, 3.05) is 0 Å². The number of aromatic nitrogens is 1. The third-order valence-electron chi connectivity index (χ3n) is 3.60. The number of carboxylic acids is 1. The molecule has 6 heteroatoms. The molecule has 0 aromatic carbocycles. The number of amides is 1. The van der Waals surface area contributed by atoms with E-state index in [0.717, 1.165) is 19.3 Å². The highest BCUT2D eigenvalue weighted by Crippen LogP contribution is 2.24. The van der Waals surface area contributed by atoms with Crippen LogP contribution in [0.4, 0.5) is 0 Å². The number of rotatable bonds is 3. The maximum Gasteiger partial charge on any atom is 0.308 e. The average Bonchev–Trinajstić information content (AvgIpc) is 2.65. The molecule has 19 heavy (non-hydrogen) atoms. The van der Waals surface area contributed by atoms with Crippen molar-refractivity contribution in [3.8, 4) is 0 Å². The van der Waals surface area contributed by atoms with E-state index in [0.29, 0.717) is 18.5 Å². The average molecular weight is 266 g/mol. The summed E-state index contributed by atoms with van der Waals surface area (Å²) in [6, 6.07) is -0.336. The number of carbonyl (C=O) groups excluding carboxylic acids is 1. The quantitative estimate of drug-likeness (QED) is 0.813. The molecule has 2 rings (SSSR count). The van der Waals surface area contributed by atoms with Crippen molar-refractivity contribution in [1.82, 2.24) is 10.3 Å². The predicted octanol–water partition coefficient (Wildman–Crippen LogP) is 1.75. The highest BCUT2D eigenvalue weighted by molar-refractivity contribution is 5.92. The van der Waals surface area contributed by atoms with Crippen LogP contribution in [0.5, 0.6) is 0 Å². The summed E-state index contributed by atoms with van der Waals surface area (Å²) >= 11 is 0. The van der Waals surface area contributed by atoms with Crippen LogP contribution in [0.1, 0.15) is 48.4 Å². The standard InChI is InChI=1S/C13H18N2O4/c1-8-11(19-7-14-8)12(16)15-10-6-4-2-3-5-9(10)13(17)18/h7,9-10H,2-6H2,1H3,(H,15,16)(H,17,18)/t9-,10+/m1/s1. The highest BCUT2D eigenvalue weighted by atomic mass is 16.4. The monoisotopic (exact) mass is 266 g/mol. The summed E-state index contributed by atoms with van der Waals surface area (Å²) in [6.07, 6.45) is 5.35. The van der Waals surface area contributed by atoms with Crippen molar-refractivity contribution in [3.63, 3.8) is 0 Å². The van der Waals surface area contributed by atoms with Crippen molar-refractivity contribution in [2.24, 2.45) is 5.92 Å². The molecule has 2 N–H and O–H groups in total. The maximum absolute atomic E-state index is 12.0. The third kappa shape index (κ3) is 3.13. The van der Waals surface area contributed by atoms with Crippen molar-refractivity contribution < 1.29 is 19.1 Å². The Hall–Kier alpha value is -1.85. The molecule has 1 saturated carbocycles. The fourth-order valence-corrected chi connectivity index (χ4v) is 2.53. The molecule has 0 unspecified atom stereocenters. The van der Waals surface area contributed by atoms with Gasteiger partial charge in [-0.3, -0.25) is 9.59 Å². The van der Waals surface area contributed by atoms with Crippen LogP contribution in [-0.4, -0.2) is 28.0 Å². The van der Waals surface area contributed by atoms with Gasteiger partial charge in [0, 0.05) is 6.04 Å². The Morgan fingerprint density at radius 3 is 2.74 bits per heavy atom. The zero-order valence-electron chi connectivity index (χ0n) is 10.9. The number of nitrogens with one attached hydrogen (secondary N) is 1. The van der Waals surface area contributed by atoms with Gasteiger partial charge in [-0.15, -0.1) is 0 Å². The first-order chi connectivity index (χ1) is 9.09. The van der Waals surface area contributed by atoms with Crippen LogP contribution in [0.3, 0.4) is 0 Å².